The number of hydrogen-bond acceptors (Lipinski definition) is 3. The molecule has 6 heteroatoms. The second-order valence-electron chi connectivity index (χ2n) is 6.57. The largest absolute Gasteiger partial charge is 0.388 e. The van der Waals surface area contributed by atoms with Crippen LogP contribution < -0.4 is 5.73 Å². The minimum atomic E-state index is 0.0463. The second kappa shape index (κ2) is 14.0. The Kier molecular flexibility index (Phi) is 12.4. The zero-order valence-electron chi connectivity index (χ0n) is 16.6. The van der Waals surface area contributed by atoms with Crippen LogP contribution >= 0.6 is 31.9 Å². The fourth-order valence-corrected chi connectivity index (χ4v) is 3.59. The monoisotopic (exact) mass is 504 g/mol. The summed E-state index contributed by atoms with van der Waals surface area (Å²) in [4.78, 5) is 0. The molecule has 1 heterocycles. The number of nitriles is 1. The van der Waals surface area contributed by atoms with Gasteiger partial charge in [0, 0.05) is 21.6 Å². The molecular weight excluding hydrogens is 479 g/mol. The van der Waals surface area contributed by atoms with E-state index in [9.17, 15) is 0 Å². The van der Waals surface area contributed by atoms with Gasteiger partial charge in [-0.15, -0.1) is 0 Å². The highest BCUT2D eigenvalue weighted by Crippen LogP contribution is 2.16. The molecule has 0 spiro atoms. The maximum atomic E-state index is 8.45. The van der Waals surface area contributed by atoms with E-state index in [1.54, 1.807) is 0 Å². The molecule has 3 nitrogen and oxygen atoms in total. The number of benzene rings is 2. The van der Waals surface area contributed by atoms with Crippen molar-refractivity contribution < 1.29 is 4.74 Å². The first-order valence-electron chi connectivity index (χ1n) is 9.31. The number of ether oxygens (including phenoxy) is 1. The molecule has 148 valence electrons. The summed E-state index contributed by atoms with van der Waals surface area (Å²) in [6, 6.07) is 14.4. The van der Waals surface area contributed by atoms with Crippen molar-refractivity contribution in [1.29, 1.82) is 5.26 Å². The Hall–Kier alpha value is -1.13. The van der Waals surface area contributed by atoms with Gasteiger partial charge >= 0.3 is 0 Å². The van der Waals surface area contributed by atoms with E-state index in [-0.39, 0.29) is 6.00 Å². The third-order valence-electron chi connectivity index (χ3n) is 4.26. The lowest BCUT2D eigenvalue weighted by molar-refractivity contribution is 0.168. The highest BCUT2D eigenvalue weighted by Gasteiger charge is 2.06. The average molecular weight is 506 g/mol. The highest BCUT2D eigenvalue weighted by atomic mass is 79.9. The first kappa shape index (κ1) is 24.9. The SMILES string of the molecule is Cc1cc(Br)ccc1CC#N.Cc1cc(Br)ccc1CCN.[B]C1CCCO1. The van der Waals surface area contributed by atoms with Gasteiger partial charge in [0.25, 0.3) is 0 Å². The molecule has 1 fully saturated rings. The summed E-state index contributed by atoms with van der Waals surface area (Å²) in [5, 5.41) is 8.45. The molecule has 1 aliphatic heterocycles. The number of rotatable bonds is 3. The number of hydrogen-bond donors (Lipinski definition) is 1. The summed E-state index contributed by atoms with van der Waals surface area (Å²) in [5.41, 5.74) is 10.4. The number of halogens is 2. The van der Waals surface area contributed by atoms with Crippen molar-refractivity contribution in [2.75, 3.05) is 13.2 Å². The molecule has 28 heavy (non-hydrogen) atoms. The molecule has 2 N–H and O–H groups in total. The zero-order valence-corrected chi connectivity index (χ0v) is 19.7. The Balaban J connectivity index is 0.000000219. The van der Waals surface area contributed by atoms with E-state index < -0.39 is 0 Å². The van der Waals surface area contributed by atoms with E-state index in [1.165, 1.54) is 16.7 Å². The normalized spacial score (nSPS) is 14.9. The van der Waals surface area contributed by atoms with Crippen LogP contribution in [0, 0.1) is 25.2 Å². The van der Waals surface area contributed by atoms with E-state index in [2.05, 4.69) is 63.1 Å². The van der Waals surface area contributed by atoms with E-state index in [4.69, 9.17) is 23.6 Å². The van der Waals surface area contributed by atoms with E-state index >= 15 is 0 Å². The molecule has 2 aromatic rings. The van der Waals surface area contributed by atoms with Crippen LogP contribution in [0.1, 0.15) is 35.1 Å². The van der Waals surface area contributed by atoms with Crippen LogP contribution in [0.4, 0.5) is 0 Å². The standard InChI is InChI=1S/C9H12BrN.C9H8BrN.C4H7BO/c2*1-7-6-9(10)3-2-8(7)4-5-11;5-4-2-1-3-6-4/h2-3,6H,4-5,11H2,1H3;2-3,6H,4H2,1H3;4H,1-3H2. The van der Waals surface area contributed by atoms with Crippen LogP contribution in [0.3, 0.4) is 0 Å². The minimum absolute atomic E-state index is 0.0463. The molecule has 0 amide bonds. The molecule has 2 aromatic carbocycles. The smallest absolute Gasteiger partial charge is 0.108 e. The van der Waals surface area contributed by atoms with Crippen molar-refractivity contribution in [2.45, 2.75) is 45.5 Å². The molecule has 1 atom stereocenters. The van der Waals surface area contributed by atoms with Gasteiger partial charge in [0.15, 0.2) is 0 Å². The van der Waals surface area contributed by atoms with Crippen molar-refractivity contribution in [3.63, 3.8) is 0 Å². The predicted octanol–water partition coefficient (Wildman–Crippen LogP) is 5.37. The number of nitrogens with two attached hydrogens (primary N) is 1. The molecule has 0 aliphatic carbocycles. The van der Waals surface area contributed by atoms with Gasteiger partial charge in [-0.2, -0.15) is 5.26 Å². The molecule has 1 saturated heterocycles. The summed E-state index contributed by atoms with van der Waals surface area (Å²) < 4.78 is 7.13. The van der Waals surface area contributed by atoms with Crippen LogP contribution in [0.5, 0.6) is 0 Å². The molecule has 0 bridgehead atoms. The van der Waals surface area contributed by atoms with Gasteiger partial charge in [0.05, 0.1) is 12.5 Å². The van der Waals surface area contributed by atoms with Crippen molar-refractivity contribution in [2.24, 2.45) is 5.73 Å². The van der Waals surface area contributed by atoms with Gasteiger partial charge in [-0.1, -0.05) is 44.0 Å². The molecule has 1 aliphatic rings. The Morgan fingerprint density at radius 1 is 1.11 bits per heavy atom. The van der Waals surface area contributed by atoms with E-state index in [0.717, 1.165) is 46.9 Å². The Labute approximate surface area is 187 Å². The summed E-state index contributed by atoms with van der Waals surface area (Å²) in [6.45, 7) is 5.71. The Morgan fingerprint density at radius 2 is 1.68 bits per heavy atom. The van der Waals surface area contributed by atoms with Gasteiger partial charge in [-0.05, 0) is 86.2 Å². The average Bonchev–Trinajstić information content (AvgIpc) is 3.12. The Bertz CT molecular complexity index is 772. The first-order valence-corrected chi connectivity index (χ1v) is 10.9. The van der Waals surface area contributed by atoms with E-state index in [0.29, 0.717) is 6.42 Å². The molecular formula is C22H27BBr2N2O. The van der Waals surface area contributed by atoms with Gasteiger partial charge < -0.3 is 10.5 Å². The van der Waals surface area contributed by atoms with Crippen molar-refractivity contribution in [1.82, 2.24) is 0 Å². The van der Waals surface area contributed by atoms with Crippen LogP contribution in [0.25, 0.3) is 0 Å². The van der Waals surface area contributed by atoms with Crippen molar-refractivity contribution in [3.8, 4) is 6.07 Å². The summed E-state index contributed by atoms with van der Waals surface area (Å²) in [6.07, 6.45) is 3.65. The fraction of sp³-hybridized carbons (Fsp3) is 0.409. The first-order chi connectivity index (χ1) is 13.4. The van der Waals surface area contributed by atoms with Crippen molar-refractivity contribution >= 4 is 39.7 Å². The minimum Gasteiger partial charge on any atom is -0.388 e. The fourth-order valence-electron chi connectivity index (χ4n) is 2.64. The van der Waals surface area contributed by atoms with Crippen LogP contribution in [0.15, 0.2) is 45.3 Å². The number of aryl methyl sites for hydroxylation is 2. The maximum absolute atomic E-state index is 8.45. The second-order valence-corrected chi connectivity index (χ2v) is 8.40. The summed E-state index contributed by atoms with van der Waals surface area (Å²) in [5.74, 6) is 0. The zero-order chi connectivity index (χ0) is 20.9. The van der Waals surface area contributed by atoms with Gasteiger partial charge in [0.1, 0.15) is 7.85 Å². The molecule has 1 unspecified atom stereocenters. The van der Waals surface area contributed by atoms with Gasteiger partial charge in [-0.25, -0.2) is 0 Å². The van der Waals surface area contributed by atoms with Crippen LogP contribution in [-0.2, 0) is 17.6 Å². The van der Waals surface area contributed by atoms with Crippen LogP contribution in [-0.4, -0.2) is 27.0 Å². The van der Waals surface area contributed by atoms with E-state index in [1.807, 2.05) is 25.1 Å². The maximum Gasteiger partial charge on any atom is 0.108 e. The lowest BCUT2D eigenvalue weighted by Gasteiger charge is -2.03. The quantitative estimate of drug-likeness (QED) is 0.570. The molecule has 0 aromatic heterocycles. The summed E-state index contributed by atoms with van der Waals surface area (Å²) in [7, 11) is 5.31. The summed E-state index contributed by atoms with van der Waals surface area (Å²) >= 11 is 6.78. The number of nitrogens with zero attached hydrogens (tertiary/aromatic N) is 1. The molecule has 0 saturated carbocycles. The van der Waals surface area contributed by atoms with Gasteiger partial charge in [-0.3, -0.25) is 0 Å². The van der Waals surface area contributed by atoms with Crippen LogP contribution in [0.2, 0.25) is 0 Å². The molecule has 3 rings (SSSR count). The highest BCUT2D eigenvalue weighted by molar-refractivity contribution is 9.10. The predicted molar refractivity (Wildman–Crippen MR) is 125 cm³/mol. The third-order valence-corrected chi connectivity index (χ3v) is 5.24. The topological polar surface area (TPSA) is 59.0 Å². The van der Waals surface area contributed by atoms with Gasteiger partial charge in [0.2, 0.25) is 0 Å². The molecule has 2 radical (unpaired) electrons. The lowest BCUT2D eigenvalue weighted by Crippen LogP contribution is -2.03. The Morgan fingerprint density at radius 3 is 2.04 bits per heavy atom. The third kappa shape index (κ3) is 9.88. The lowest BCUT2D eigenvalue weighted by atomic mass is 9.98. The van der Waals surface area contributed by atoms with Crippen molar-refractivity contribution in [3.05, 3.63) is 67.6 Å².